The van der Waals surface area contributed by atoms with Crippen molar-refractivity contribution < 1.29 is 31.0 Å². The van der Waals surface area contributed by atoms with Crippen LogP contribution in [-0.2, 0) is 19.1 Å². The van der Waals surface area contributed by atoms with Crippen molar-refractivity contribution in [3.05, 3.63) is 0 Å². The molecule has 1 heterocycles. The molecule has 5 rings (SSSR count). The first-order chi connectivity index (χ1) is 19.1. The molecule has 5 heteroatoms. The number of ether oxygens (including phenoxy) is 2. The topological polar surface area (TPSA) is 72.8 Å². The molecule has 36 heavy (non-hydrogen) atoms. The maximum absolute atomic E-state index is 14.7. The third-order valence-electron chi connectivity index (χ3n) is 11.7. The van der Waals surface area contributed by atoms with E-state index < -0.39 is 31.0 Å². The molecular formula is C31H50O5. The van der Waals surface area contributed by atoms with Gasteiger partial charge in [0.1, 0.15) is 5.78 Å². The van der Waals surface area contributed by atoms with Crippen molar-refractivity contribution in [1.82, 2.24) is 0 Å². The molecule has 0 radical (unpaired) electrons. The zero-order valence-electron chi connectivity index (χ0n) is 27.5. The average Bonchev–Trinajstić information content (AvgIpc) is 3.25. The lowest BCUT2D eigenvalue weighted by atomic mass is 9.42. The highest BCUT2D eigenvalue weighted by molar-refractivity contribution is 5.86. The normalized spacial score (nSPS) is 50.3. The first-order valence-electron chi connectivity index (χ1n) is 17.1. The monoisotopic (exact) mass is 507 g/mol. The van der Waals surface area contributed by atoms with Crippen LogP contribution in [0.15, 0.2) is 0 Å². The van der Waals surface area contributed by atoms with Gasteiger partial charge in [0.25, 0.3) is 0 Å². The Labute approximate surface area is 225 Å². The molecule has 1 N–H and O–H groups in total. The molecule has 0 aromatic rings. The maximum atomic E-state index is 14.7. The number of carboxylic acids is 1. The summed E-state index contributed by atoms with van der Waals surface area (Å²) in [5.41, 5.74) is -0.475. The summed E-state index contributed by atoms with van der Waals surface area (Å²) in [5.74, 6) is -2.22. The van der Waals surface area contributed by atoms with Gasteiger partial charge in [-0.25, -0.2) is 0 Å². The van der Waals surface area contributed by atoms with Gasteiger partial charge < -0.3 is 14.6 Å². The molecule has 1 saturated heterocycles. The lowest BCUT2D eigenvalue weighted by Gasteiger charge is -2.62. The summed E-state index contributed by atoms with van der Waals surface area (Å²) in [7, 11) is 0. The highest BCUT2D eigenvalue weighted by atomic mass is 16.7. The number of aliphatic carboxylic acids is 1. The van der Waals surface area contributed by atoms with Crippen molar-refractivity contribution >= 4 is 11.8 Å². The molecular weight excluding hydrogens is 452 g/mol. The molecule has 0 aromatic heterocycles. The van der Waals surface area contributed by atoms with Gasteiger partial charge in [0.05, 0.1) is 6.10 Å². The molecule has 1 unspecified atom stereocenters. The van der Waals surface area contributed by atoms with Crippen molar-refractivity contribution in [2.75, 3.05) is 6.61 Å². The van der Waals surface area contributed by atoms with Gasteiger partial charge in [0.2, 0.25) is 0 Å². The highest BCUT2D eigenvalue weighted by Crippen LogP contribution is 2.68. The van der Waals surface area contributed by atoms with Gasteiger partial charge in [-0.2, -0.15) is 0 Å². The van der Waals surface area contributed by atoms with E-state index in [1.165, 1.54) is 0 Å². The second-order valence-electron chi connectivity index (χ2n) is 13.3. The summed E-state index contributed by atoms with van der Waals surface area (Å²) in [4.78, 5) is 26.0. The first kappa shape index (κ1) is 21.0. The van der Waals surface area contributed by atoms with Crippen molar-refractivity contribution in [3.8, 4) is 0 Å². The molecule has 0 spiro atoms. The van der Waals surface area contributed by atoms with E-state index in [0.29, 0.717) is 25.4 Å². The lowest BCUT2D eigenvalue weighted by Crippen LogP contribution is -2.61. The number of carbonyl (C=O) groups excluding carboxylic acids is 1. The SMILES string of the molecule is [2H]C([2H])([2H])C([2H])([2H])[C@H]1C(=O)[C@@H]2[C@H](CC[C@]3(C)[C@@H]([C@H](C)CCC(=O)O)CC[C@@H]23)[C@@]2(C)CC[C@@H](OC3CCCCO3)C[C@@H]12. The van der Waals surface area contributed by atoms with E-state index in [9.17, 15) is 14.7 Å². The number of carboxylic acid groups (broad SMARTS) is 1. The number of carbonyl (C=O) groups is 2. The minimum Gasteiger partial charge on any atom is -0.481 e. The largest absolute Gasteiger partial charge is 0.481 e. The van der Waals surface area contributed by atoms with Crippen molar-refractivity contribution in [1.29, 1.82) is 0 Å². The third-order valence-corrected chi connectivity index (χ3v) is 11.7. The van der Waals surface area contributed by atoms with Crippen LogP contribution >= 0.6 is 0 Å². The zero-order chi connectivity index (χ0) is 30.0. The molecule has 204 valence electrons. The van der Waals surface area contributed by atoms with Crippen LogP contribution in [0.3, 0.4) is 0 Å². The summed E-state index contributed by atoms with van der Waals surface area (Å²) >= 11 is 0. The summed E-state index contributed by atoms with van der Waals surface area (Å²) < 4.78 is 54.6. The number of hydrogen-bond acceptors (Lipinski definition) is 4. The van der Waals surface area contributed by atoms with E-state index in [-0.39, 0.29) is 59.1 Å². The minimum absolute atomic E-state index is 0.0725. The number of hydrogen-bond donors (Lipinski definition) is 1. The number of fused-ring (bicyclic) bond motifs is 5. The van der Waals surface area contributed by atoms with Gasteiger partial charge in [-0.3, -0.25) is 9.59 Å². The Morgan fingerprint density at radius 3 is 2.64 bits per heavy atom. The Kier molecular flexibility index (Phi) is 6.01. The van der Waals surface area contributed by atoms with Gasteiger partial charge >= 0.3 is 5.97 Å². The molecule has 4 aliphatic carbocycles. The van der Waals surface area contributed by atoms with E-state index in [1.54, 1.807) is 0 Å². The fourth-order valence-electron chi connectivity index (χ4n) is 9.84. The molecule has 1 aliphatic heterocycles. The fourth-order valence-corrected chi connectivity index (χ4v) is 9.84. The van der Waals surface area contributed by atoms with Gasteiger partial charge in [0.15, 0.2) is 6.29 Å². The molecule has 5 aliphatic rings. The number of ketones is 1. The van der Waals surface area contributed by atoms with Crippen LogP contribution in [0, 0.1) is 52.3 Å². The fraction of sp³-hybridized carbons (Fsp3) is 0.935. The molecule has 11 atom stereocenters. The second kappa shape index (κ2) is 10.3. The number of rotatable bonds is 7. The quantitative estimate of drug-likeness (QED) is 0.381. The first-order valence-corrected chi connectivity index (χ1v) is 14.6. The predicted molar refractivity (Wildman–Crippen MR) is 139 cm³/mol. The van der Waals surface area contributed by atoms with Gasteiger partial charge in [-0.15, -0.1) is 0 Å². The van der Waals surface area contributed by atoms with Crippen LogP contribution in [0.25, 0.3) is 0 Å². The minimum atomic E-state index is -2.91. The molecule has 0 aromatic carbocycles. The van der Waals surface area contributed by atoms with E-state index in [4.69, 9.17) is 16.3 Å². The molecule has 0 amide bonds. The van der Waals surface area contributed by atoms with Crippen molar-refractivity contribution in [2.45, 2.75) is 123 Å². The smallest absolute Gasteiger partial charge is 0.303 e. The van der Waals surface area contributed by atoms with Crippen molar-refractivity contribution in [2.24, 2.45) is 52.3 Å². The summed E-state index contributed by atoms with van der Waals surface area (Å²) in [6, 6.07) is 0. The van der Waals surface area contributed by atoms with Crippen LogP contribution in [-0.4, -0.2) is 35.9 Å². The summed E-state index contributed by atoms with van der Waals surface area (Å²) in [5, 5.41) is 9.27. The lowest BCUT2D eigenvalue weighted by molar-refractivity contribution is -0.216. The Hall–Kier alpha value is -0.940. The standard InChI is InChI=1S/C31H50O5/c1-5-21-25-18-20(36-27-8-6-7-17-35-27)13-15-31(25,4)24-14-16-30(3)22(19(2)9-12-26(32)33)10-11-23(30)28(24)29(21)34/h19-25,27-28H,5-18H2,1-4H3,(H,32,33)/t19-,20-,21-,22-,23+,24+,25+,27?,28+,30-,31-/m1/s1/i1D3,5D2. The van der Waals surface area contributed by atoms with Crippen LogP contribution in [0.5, 0.6) is 0 Å². The van der Waals surface area contributed by atoms with E-state index in [2.05, 4.69) is 20.8 Å². The summed E-state index contributed by atoms with van der Waals surface area (Å²) in [6.45, 7) is 4.37. The Morgan fingerprint density at radius 2 is 1.92 bits per heavy atom. The van der Waals surface area contributed by atoms with Crippen LogP contribution in [0.1, 0.15) is 118 Å². The maximum Gasteiger partial charge on any atom is 0.303 e. The summed E-state index contributed by atoms with van der Waals surface area (Å²) in [6.07, 6.45) is 6.29. The Balaban J connectivity index is 1.47. The second-order valence-corrected chi connectivity index (χ2v) is 13.3. The predicted octanol–water partition coefficient (Wildman–Crippen LogP) is 6.87. The van der Waals surface area contributed by atoms with Crippen LogP contribution in [0.4, 0.5) is 0 Å². The average molecular weight is 508 g/mol. The molecule has 5 nitrogen and oxygen atoms in total. The molecule has 4 saturated carbocycles. The number of Topliss-reactive ketones (excluding diaryl/α,β-unsaturated/α-hetero) is 1. The van der Waals surface area contributed by atoms with E-state index in [1.807, 2.05) is 0 Å². The van der Waals surface area contributed by atoms with Crippen LogP contribution < -0.4 is 0 Å². The molecule has 0 bridgehead atoms. The Morgan fingerprint density at radius 1 is 1.14 bits per heavy atom. The van der Waals surface area contributed by atoms with Gasteiger partial charge in [-0.1, -0.05) is 27.6 Å². The zero-order valence-corrected chi connectivity index (χ0v) is 22.5. The van der Waals surface area contributed by atoms with E-state index in [0.717, 1.165) is 57.8 Å². The third kappa shape index (κ3) is 4.48. The van der Waals surface area contributed by atoms with Gasteiger partial charge in [0, 0.05) is 31.7 Å². The van der Waals surface area contributed by atoms with Crippen molar-refractivity contribution in [3.63, 3.8) is 0 Å². The van der Waals surface area contributed by atoms with E-state index >= 15 is 0 Å². The highest BCUT2D eigenvalue weighted by Gasteiger charge is 2.65. The van der Waals surface area contributed by atoms with Gasteiger partial charge in [-0.05, 0) is 117 Å². The Bertz CT molecular complexity index is 996. The van der Waals surface area contributed by atoms with Crippen LogP contribution in [0.2, 0.25) is 0 Å². The molecule has 5 fully saturated rings.